The molecule has 1 aromatic rings. The van der Waals surface area contributed by atoms with Gasteiger partial charge in [-0.15, -0.1) is 4.98 Å². The minimum atomic E-state index is -0.176. The van der Waals surface area contributed by atoms with Crippen molar-refractivity contribution in [2.75, 3.05) is 13.7 Å². The maximum Gasteiger partial charge on any atom is 0.324 e. The van der Waals surface area contributed by atoms with Gasteiger partial charge in [0.15, 0.2) is 0 Å². The Balaban J connectivity index is 2.74. The van der Waals surface area contributed by atoms with Crippen LogP contribution in [0.15, 0.2) is 0 Å². The average Bonchev–Trinajstić information content (AvgIpc) is 2.14. The zero-order valence-corrected chi connectivity index (χ0v) is 11.1. The van der Waals surface area contributed by atoms with E-state index in [-0.39, 0.29) is 29.5 Å². The third-order valence-electron chi connectivity index (χ3n) is 1.62. The minimum Gasteiger partial charge on any atom is -0.461 e. The van der Waals surface area contributed by atoms with Gasteiger partial charge in [0.1, 0.15) is 6.10 Å². The lowest BCUT2D eigenvalue weighted by molar-refractivity contribution is 0.0840. The van der Waals surface area contributed by atoms with Crippen molar-refractivity contribution < 1.29 is 14.2 Å². The molecular weight excluding hydrogens is 246 g/mol. The molecule has 96 valence electrons. The fraction of sp³-hybridized carbons (Fsp3) is 0.700. The van der Waals surface area contributed by atoms with Crippen LogP contribution in [0.5, 0.6) is 12.0 Å². The van der Waals surface area contributed by atoms with Crippen LogP contribution in [0.2, 0.25) is 5.28 Å². The van der Waals surface area contributed by atoms with Gasteiger partial charge in [0.2, 0.25) is 5.28 Å². The summed E-state index contributed by atoms with van der Waals surface area (Å²) in [7, 11) is 1.59. The highest BCUT2D eigenvalue weighted by Crippen LogP contribution is 2.15. The van der Waals surface area contributed by atoms with Crippen molar-refractivity contribution in [3.05, 3.63) is 5.28 Å². The predicted molar refractivity (Wildman–Crippen MR) is 62.6 cm³/mol. The number of hydrogen-bond acceptors (Lipinski definition) is 6. The summed E-state index contributed by atoms with van der Waals surface area (Å²) in [5.74, 6) is 0. The van der Waals surface area contributed by atoms with Gasteiger partial charge >= 0.3 is 12.0 Å². The van der Waals surface area contributed by atoms with Crippen LogP contribution >= 0.6 is 11.6 Å². The van der Waals surface area contributed by atoms with Crippen molar-refractivity contribution in [3.63, 3.8) is 0 Å². The first-order valence-electron chi connectivity index (χ1n) is 5.25. The fourth-order valence-electron chi connectivity index (χ4n) is 1.08. The van der Waals surface area contributed by atoms with Gasteiger partial charge in [-0.05, 0) is 32.4 Å². The van der Waals surface area contributed by atoms with E-state index >= 15 is 0 Å². The van der Waals surface area contributed by atoms with E-state index < -0.39 is 0 Å². The molecule has 1 unspecified atom stereocenters. The Bertz CT molecular complexity index is 363. The van der Waals surface area contributed by atoms with Crippen LogP contribution in [0.3, 0.4) is 0 Å². The van der Waals surface area contributed by atoms with Crippen LogP contribution in [-0.2, 0) is 4.74 Å². The van der Waals surface area contributed by atoms with Crippen LogP contribution < -0.4 is 9.47 Å². The van der Waals surface area contributed by atoms with Gasteiger partial charge in [0.25, 0.3) is 0 Å². The molecule has 0 radical (unpaired) electrons. The zero-order valence-electron chi connectivity index (χ0n) is 10.3. The smallest absolute Gasteiger partial charge is 0.324 e. The zero-order chi connectivity index (χ0) is 12.8. The van der Waals surface area contributed by atoms with E-state index in [0.717, 1.165) is 0 Å². The number of nitrogens with zero attached hydrogens (tertiary/aromatic N) is 3. The molecule has 0 saturated carbocycles. The van der Waals surface area contributed by atoms with Crippen LogP contribution in [0.25, 0.3) is 0 Å². The van der Waals surface area contributed by atoms with Crippen molar-refractivity contribution in [2.45, 2.75) is 33.0 Å². The van der Waals surface area contributed by atoms with Crippen molar-refractivity contribution in [2.24, 2.45) is 0 Å². The number of ether oxygens (including phenoxy) is 3. The highest BCUT2D eigenvalue weighted by atomic mass is 35.5. The topological polar surface area (TPSA) is 66.4 Å². The SMILES string of the molecule is COCC(C)Oc1nc(Cl)nc(OC(C)C)n1. The lowest BCUT2D eigenvalue weighted by atomic mass is 10.4. The van der Waals surface area contributed by atoms with Crippen molar-refractivity contribution in [1.82, 2.24) is 15.0 Å². The largest absolute Gasteiger partial charge is 0.461 e. The lowest BCUT2D eigenvalue weighted by Gasteiger charge is -2.13. The van der Waals surface area contributed by atoms with E-state index in [1.165, 1.54) is 0 Å². The van der Waals surface area contributed by atoms with Crippen molar-refractivity contribution >= 4 is 11.6 Å². The molecule has 0 aliphatic heterocycles. The fourth-order valence-corrected chi connectivity index (χ4v) is 1.22. The van der Waals surface area contributed by atoms with Crippen LogP contribution in [0, 0.1) is 0 Å². The molecule has 0 fully saturated rings. The summed E-state index contributed by atoms with van der Waals surface area (Å²) >= 11 is 5.74. The molecule has 0 aliphatic rings. The first-order valence-corrected chi connectivity index (χ1v) is 5.63. The summed E-state index contributed by atoms with van der Waals surface area (Å²) in [6.45, 7) is 6.01. The van der Waals surface area contributed by atoms with Gasteiger partial charge in [-0.2, -0.15) is 9.97 Å². The number of hydrogen-bond donors (Lipinski definition) is 0. The second kappa shape index (κ2) is 6.56. The molecule has 1 atom stereocenters. The second-order valence-electron chi connectivity index (χ2n) is 3.72. The lowest BCUT2D eigenvalue weighted by Crippen LogP contribution is -2.20. The molecule has 0 saturated heterocycles. The van der Waals surface area contributed by atoms with E-state index in [2.05, 4.69) is 15.0 Å². The summed E-state index contributed by atoms with van der Waals surface area (Å²) in [5.41, 5.74) is 0. The molecular formula is C10H16ClN3O3. The van der Waals surface area contributed by atoms with E-state index in [4.69, 9.17) is 25.8 Å². The Morgan fingerprint density at radius 3 is 2.18 bits per heavy atom. The number of rotatable bonds is 6. The highest BCUT2D eigenvalue weighted by Gasteiger charge is 2.11. The Morgan fingerprint density at radius 2 is 1.65 bits per heavy atom. The number of halogens is 1. The first-order chi connectivity index (χ1) is 8.01. The average molecular weight is 262 g/mol. The Morgan fingerprint density at radius 1 is 1.06 bits per heavy atom. The molecule has 6 nitrogen and oxygen atoms in total. The molecule has 17 heavy (non-hydrogen) atoms. The second-order valence-corrected chi connectivity index (χ2v) is 4.06. The Hall–Kier alpha value is -1.14. The molecule has 1 rings (SSSR count). The van der Waals surface area contributed by atoms with Crippen LogP contribution in [0.1, 0.15) is 20.8 Å². The van der Waals surface area contributed by atoms with Gasteiger partial charge in [0.05, 0.1) is 12.7 Å². The normalized spacial score (nSPS) is 12.6. The van der Waals surface area contributed by atoms with Gasteiger partial charge in [-0.25, -0.2) is 0 Å². The summed E-state index contributed by atoms with van der Waals surface area (Å²) in [6, 6.07) is 0.282. The molecule has 0 amide bonds. The van der Waals surface area contributed by atoms with Gasteiger partial charge in [-0.3, -0.25) is 0 Å². The third-order valence-corrected chi connectivity index (χ3v) is 1.79. The third kappa shape index (κ3) is 5.14. The monoisotopic (exact) mass is 261 g/mol. The summed E-state index contributed by atoms with van der Waals surface area (Å²) in [4.78, 5) is 11.7. The highest BCUT2D eigenvalue weighted by molar-refractivity contribution is 6.28. The van der Waals surface area contributed by atoms with Crippen LogP contribution in [-0.4, -0.2) is 40.9 Å². The van der Waals surface area contributed by atoms with Gasteiger partial charge < -0.3 is 14.2 Å². The summed E-state index contributed by atoms with van der Waals surface area (Å²) in [6.07, 6.45) is -0.219. The van der Waals surface area contributed by atoms with E-state index in [9.17, 15) is 0 Å². The van der Waals surface area contributed by atoms with Gasteiger partial charge in [-0.1, -0.05) is 0 Å². The standard InChI is InChI=1S/C10H16ClN3O3/c1-6(2)16-9-12-8(11)13-10(14-9)17-7(3)5-15-4/h6-7H,5H2,1-4H3. The summed E-state index contributed by atoms with van der Waals surface area (Å²) in [5, 5.41) is 0.0373. The molecule has 0 bridgehead atoms. The molecule has 1 aromatic heterocycles. The van der Waals surface area contributed by atoms with Crippen molar-refractivity contribution in [1.29, 1.82) is 0 Å². The minimum absolute atomic E-state index is 0.0373. The van der Waals surface area contributed by atoms with E-state index in [0.29, 0.717) is 6.61 Å². The Kier molecular flexibility index (Phi) is 5.37. The molecule has 1 heterocycles. The molecule has 7 heteroatoms. The quantitative estimate of drug-likeness (QED) is 0.777. The van der Waals surface area contributed by atoms with Crippen LogP contribution in [0.4, 0.5) is 0 Å². The van der Waals surface area contributed by atoms with E-state index in [1.54, 1.807) is 7.11 Å². The molecule has 0 aromatic carbocycles. The Labute approximate surface area is 105 Å². The van der Waals surface area contributed by atoms with Crippen molar-refractivity contribution in [3.8, 4) is 12.0 Å². The molecule has 0 N–H and O–H groups in total. The first kappa shape index (κ1) is 13.9. The van der Waals surface area contributed by atoms with Gasteiger partial charge in [0, 0.05) is 7.11 Å². The molecule has 0 aliphatic carbocycles. The van der Waals surface area contributed by atoms with E-state index in [1.807, 2.05) is 20.8 Å². The number of methoxy groups -OCH3 is 1. The maximum absolute atomic E-state index is 5.74. The number of aromatic nitrogens is 3. The summed E-state index contributed by atoms with van der Waals surface area (Å²) < 4.78 is 15.7. The maximum atomic E-state index is 5.74. The molecule has 0 spiro atoms. The predicted octanol–water partition coefficient (Wildman–Crippen LogP) is 1.73.